The van der Waals surface area contributed by atoms with E-state index in [4.69, 9.17) is 4.74 Å². The quantitative estimate of drug-likeness (QED) is 0.358. The van der Waals surface area contributed by atoms with Crippen LogP contribution in [-0.2, 0) is 19.1 Å². The van der Waals surface area contributed by atoms with Crippen molar-refractivity contribution in [2.24, 2.45) is 0 Å². The van der Waals surface area contributed by atoms with Crippen LogP contribution in [0.2, 0.25) is 0 Å². The maximum absolute atomic E-state index is 11.5. The summed E-state index contributed by atoms with van der Waals surface area (Å²) in [6.07, 6.45) is 1.29. The number of nitrogens with zero attached hydrogens (tertiary/aromatic N) is 2. The van der Waals surface area contributed by atoms with Gasteiger partial charge in [0.05, 0.1) is 6.54 Å². The van der Waals surface area contributed by atoms with E-state index in [1.54, 1.807) is 0 Å². The maximum Gasteiger partial charge on any atom is 0.325 e. The number of ether oxygens (including phenoxy) is 1. The average molecular weight is 413 g/mol. The molecule has 122 valence electrons. The number of likely N-dealkylation sites (N-methyl/N-ethyl adjacent to an activating group) is 1. The summed E-state index contributed by atoms with van der Waals surface area (Å²) in [6, 6.07) is 0. The van der Waals surface area contributed by atoms with Crippen molar-refractivity contribution in [2.45, 2.75) is 12.8 Å². The van der Waals surface area contributed by atoms with Crippen molar-refractivity contribution in [1.29, 1.82) is 0 Å². The van der Waals surface area contributed by atoms with E-state index in [0.29, 0.717) is 26.1 Å². The Balaban J connectivity index is 0.00000191. The fourth-order valence-electron chi connectivity index (χ4n) is 1.66. The fourth-order valence-corrected chi connectivity index (χ4v) is 1.66. The molecule has 8 heteroatoms. The topological polar surface area (TPSA) is 79.0 Å². The molecule has 1 aliphatic rings. The molecule has 0 unspecified atom stereocenters. The van der Waals surface area contributed by atoms with Gasteiger partial charge in [0.1, 0.15) is 13.2 Å². The van der Waals surface area contributed by atoms with E-state index in [-0.39, 0.29) is 24.9 Å². The van der Waals surface area contributed by atoms with Crippen molar-refractivity contribution in [1.82, 2.24) is 15.1 Å². The molecule has 0 saturated carbocycles. The summed E-state index contributed by atoms with van der Waals surface area (Å²) >= 11 is 2.15. The minimum absolute atomic E-state index is 0.0105. The Morgan fingerprint density at radius 2 is 2.05 bits per heavy atom. The molecule has 7 nitrogen and oxygen atoms in total. The molecule has 2 amide bonds. The lowest BCUT2D eigenvalue weighted by atomic mass is 10.4. The zero-order valence-electron chi connectivity index (χ0n) is 12.9. The molecule has 0 atom stereocenters. The van der Waals surface area contributed by atoms with Gasteiger partial charge >= 0.3 is 5.97 Å². The van der Waals surface area contributed by atoms with Crippen LogP contribution in [-0.4, -0.2) is 79.4 Å². The van der Waals surface area contributed by atoms with Crippen LogP contribution < -0.4 is 5.32 Å². The molecular formula is C13H24IN3O4. The Labute approximate surface area is 139 Å². The van der Waals surface area contributed by atoms with E-state index in [1.807, 2.05) is 23.9 Å². The summed E-state index contributed by atoms with van der Waals surface area (Å²) in [7, 11) is 3.76. The SMILES string of the molecule is CI.CN(C)CCOC(=O)CNC(=O)CN1CCCC1=O. The van der Waals surface area contributed by atoms with Crippen molar-refractivity contribution >= 4 is 40.4 Å². The highest BCUT2D eigenvalue weighted by molar-refractivity contribution is 14.1. The van der Waals surface area contributed by atoms with Crippen LogP contribution in [0.4, 0.5) is 0 Å². The number of rotatable bonds is 7. The van der Waals surface area contributed by atoms with Gasteiger partial charge in [-0.2, -0.15) is 0 Å². The monoisotopic (exact) mass is 413 g/mol. The highest BCUT2D eigenvalue weighted by Gasteiger charge is 2.22. The Morgan fingerprint density at radius 1 is 1.38 bits per heavy atom. The van der Waals surface area contributed by atoms with Crippen LogP contribution in [0.15, 0.2) is 0 Å². The van der Waals surface area contributed by atoms with Crippen LogP contribution in [0.5, 0.6) is 0 Å². The van der Waals surface area contributed by atoms with E-state index < -0.39 is 5.97 Å². The van der Waals surface area contributed by atoms with Gasteiger partial charge in [0, 0.05) is 19.5 Å². The number of carbonyl (C=O) groups is 3. The summed E-state index contributed by atoms with van der Waals surface area (Å²) in [6.45, 7) is 1.41. The lowest BCUT2D eigenvalue weighted by molar-refractivity contribution is -0.144. The van der Waals surface area contributed by atoms with Gasteiger partial charge in [-0.05, 0) is 25.4 Å². The first-order chi connectivity index (χ1) is 9.99. The normalized spacial score (nSPS) is 13.8. The Kier molecular flexibility index (Phi) is 11.2. The highest BCUT2D eigenvalue weighted by atomic mass is 127. The van der Waals surface area contributed by atoms with E-state index in [1.165, 1.54) is 4.90 Å². The van der Waals surface area contributed by atoms with E-state index in [9.17, 15) is 14.4 Å². The molecule has 1 fully saturated rings. The fraction of sp³-hybridized carbons (Fsp3) is 0.769. The van der Waals surface area contributed by atoms with E-state index in [2.05, 4.69) is 27.9 Å². The number of hydrogen-bond acceptors (Lipinski definition) is 5. The summed E-state index contributed by atoms with van der Waals surface area (Å²) in [5.74, 6) is -0.813. The van der Waals surface area contributed by atoms with Gasteiger partial charge in [0.2, 0.25) is 11.8 Å². The zero-order valence-corrected chi connectivity index (χ0v) is 15.0. The Morgan fingerprint density at radius 3 is 2.57 bits per heavy atom. The molecule has 0 aliphatic carbocycles. The first-order valence-corrected chi connectivity index (χ1v) is 8.87. The van der Waals surface area contributed by atoms with E-state index >= 15 is 0 Å². The van der Waals surface area contributed by atoms with Gasteiger partial charge in [-0.1, -0.05) is 22.6 Å². The van der Waals surface area contributed by atoms with Gasteiger partial charge in [-0.25, -0.2) is 0 Å². The average Bonchev–Trinajstić information content (AvgIpc) is 2.84. The highest BCUT2D eigenvalue weighted by Crippen LogP contribution is 2.08. The molecule has 0 aromatic carbocycles. The molecule has 0 aromatic rings. The van der Waals surface area contributed by atoms with Crippen LogP contribution in [0, 0.1) is 0 Å². The number of hydrogen-bond donors (Lipinski definition) is 1. The second-order valence-corrected chi connectivity index (χ2v) is 4.72. The van der Waals surface area contributed by atoms with Gasteiger partial charge in [-0.15, -0.1) is 0 Å². The molecule has 1 aliphatic heterocycles. The van der Waals surface area contributed by atoms with Gasteiger partial charge < -0.3 is 19.9 Å². The first-order valence-electron chi connectivity index (χ1n) is 6.71. The summed E-state index contributed by atoms with van der Waals surface area (Å²) < 4.78 is 4.92. The second-order valence-electron chi connectivity index (χ2n) is 4.72. The smallest absolute Gasteiger partial charge is 0.325 e. The second kappa shape index (κ2) is 11.7. The van der Waals surface area contributed by atoms with Gasteiger partial charge in [-0.3, -0.25) is 14.4 Å². The maximum atomic E-state index is 11.5. The number of esters is 1. The molecule has 1 N–H and O–H groups in total. The van der Waals surface area contributed by atoms with Gasteiger partial charge in [0.25, 0.3) is 0 Å². The molecule has 0 spiro atoms. The lowest BCUT2D eigenvalue weighted by Crippen LogP contribution is -2.40. The van der Waals surface area contributed by atoms with Crippen LogP contribution in [0.1, 0.15) is 12.8 Å². The van der Waals surface area contributed by atoms with Crippen molar-refractivity contribution in [3.8, 4) is 0 Å². The number of likely N-dealkylation sites (tertiary alicyclic amines) is 1. The molecule has 0 bridgehead atoms. The summed E-state index contributed by atoms with van der Waals surface area (Å²) in [5, 5.41) is 2.45. The molecule has 1 saturated heterocycles. The van der Waals surface area contributed by atoms with Crippen molar-refractivity contribution < 1.29 is 19.1 Å². The lowest BCUT2D eigenvalue weighted by Gasteiger charge is -2.15. The minimum Gasteiger partial charge on any atom is -0.463 e. The van der Waals surface area contributed by atoms with Crippen LogP contribution >= 0.6 is 22.6 Å². The van der Waals surface area contributed by atoms with Gasteiger partial charge in [0.15, 0.2) is 0 Å². The first kappa shape index (κ1) is 20.1. The third-order valence-electron chi connectivity index (χ3n) is 2.74. The van der Waals surface area contributed by atoms with Crippen molar-refractivity contribution in [3.05, 3.63) is 0 Å². The number of halogens is 1. The number of amides is 2. The molecule has 0 radical (unpaired) electrons. The van der Waals surface area contributed by atoms with Crippen molar-refractivity contribution in [2.75, 3.05) is 51.8 Å². The predicted molar refractivity (Wildman–Crippen MR) is 88.3 cm³/mol. The Bertz CT molecular complexity index is 350. The number of alkyl halides is 1. The molecule has 0 aromatic heterocycles. The predicted octanol–water partition coefficient (Wildman–Crippen LogP) is -0.119. The molecular weight excluding hydrogens is 389 g/mol. The Hall–Kier alpha value is -0.900. The molecule has 1 rings (SSSR count). The standard InChI is InChI=1S/C12H21N3O4.CH3I/c1-14(2)6-7-19-12(18)8-13-10(16)9-15-5-3-4-11(15)17;1-2/h3-9H2,1-2H3,(H,13,16);1H3. The zero-order chi connectivity index (χ0) is 16.3. The number of nitrogens with one attached hydrogen (secondary N) is 1. The third kappa shape index (κ3) is 9.62. The third-order valence-corrected chi connectivity index (χ3v) is 2.74. The molecule has 21 heavy (non-hydrogen) atoms. The van der Waals surface area contributed by atoms with Crippen LogP contribution in [0.25, 0.3) is 0 Å². The van der Waals surface area contributed by atoms with Crippen LogP contribution in [0.3, 0.4) is 0 Å². The summed E-state index contributed by atoms with van der Waals surface area (Å²) in [4.78, 5) is 39.5. The molecule has 1 heterocycles. The summed E-state index contributed by atoms with van der Waals surface area (Å²) in [5.41, 5.74) is 0. The number of carbonyl (C=O) groups excluding carboxylic acids is 3. The minimum atomic E-state index is -0.469. The van der Waals surface area contributed by atoms with Crippen molar-refractivity contribution in [3.63, 3.8) is 0 Å². The largest absolute Gasteiger partial charge is 0.463 e. The van der Waals surface area contributed by atoms with E-state index in [0.717, 1.165) is 6.42 Å².